The summed E-state index contributed by atoms with van der Waals surface area (Å²) in [6, 6.07) is 0. The summed E-state index contributed by atoms with van der Waals surface area (Å²) in [5.74, 6) is 0.382. The third-order valence-electron chi connectivity index (χ3n) is 4.56. The number of carbonyl (C=O) groups excluding carboxylic acids is 2. The van der Waals surface area contributed by atoms with Gasteiger partial charge in [0.05, 0.1) is 5.54 Å². The molecule has 0 amide bonds. The number of unbranched alkanes of at least 4 members (excludes halogenated alkanes) is 2. The van der Waals surface area contributed by atoms with Gasteiger partial charge in [0.2, 0.25) is 0 Å². The van der Waals surface area contributed by atoms with E-state index in [9.17, 15) is 9.59 Å². The number of ketones is 2. The molecule has 23 heavy (non-hydrogen) atoms. The van der Waals surface area contributed by atoms with Crippen molar-refractivity contribution >= 4 is 11.6 Å². The van der Waals surface area contributed by atoms with Crippen LogP contribution in [0, 0.1) is 10.8 Å². The van der Waals surface area contributed by atoms with Gasteiger partial charge in [0.1, 0.15) is 5.78 Å². The lowest BCUT2D eigenvalue weighted by molar-refractivity contribution is -0.131. The van der Waals surface area contributed by atoms with Gasteiger partial charge in [-0.25, -0.2) is 0 Å². The topological polar surface area (TPSA) is 60.2 Å². The van der Waals surface area contributed by atoms with Gasteiger partial charge in [0.25, 0.3) is 0 Å². The molecule has 1 atom stereocenters. The zero-order valence-corrected chi connectivity index (χ0v) is 16.3. The maximum atomic E-state index is 12.3. The van der Waals surface area contributed by atoms with Gasteiger partial charge in [-0.15, -0.1) is 0 Å². The van der Waals surface area contributed by atoms with Crippen molar-refractivity contribution < 1.29 is 9.59 Å². The predicted octanol–water partition coefficient (Wildman–Crippen LogP) is 4.83. The summed E-state index contributed by atoms with van der Waals surface area (Å²) in [6.45, 7) is 13.3. The molecule has 0 saturated carbocycles. The van der Waals surface area contributed by atoms with E-state index in [1.165, 1.54) is 0 Å². The number of hydrogen-bond acceptors (Lipinski definition) is 3. The second-order valence-corrected chi connectivity index (χ2v) is 8.69. The lowest BCUT2D eigenvalue weighted by Gasteiger charge is -2.30. The largest absolute Gasteiger partial charge is 0.319 e. The molecule has 134 valence electrons. The highest BCUT2D eigenvalue weighted by Gasteiger charge is 2.35. The van der Waals surface area contributed by atoms with Crippen molar-refractivity contribution in [2.75, 3.05) is 0 Å². The van der Waals surface area contributed by atoms with E-state index in [0.717, 1.165) is 32.1 Å². The molecule has 0 aromatic carbocycles. The first-order valence-electron chi connectivity index (χ1n) is 8.80. The zero-order chi connectivity index (χ0) is 18.3. The Morgan fingerprint density at radius 3 is 1.70 bits per heavy atom. The van der Waals surface area contributed by atoms with Crippen molar-refractivity contribution in [3.8, 4) is 0 Å². The monoisotopic (exact) mass is 323 g/mol. The van der Waals surface area contributed by atoms with Gasteiger partial charge in [-0.3, -0.25) is 9.59 Å². The van der Waals surface area contributed by atoms with E-state index >= 15 is 0 Å². The predicted molar refractivity (Wildman–Crippen MR) is 98.4 cm³/mol. The highest BCUT2D eigenvalue weighted by Crippen LogP contribution is 2.26. The van der Waals surface area contributed by atoms with Gasteiger partial charge < -0.3 is 5.73 Å². The van der Waals surface area contributed by atoms with Crippen LogP contribution in [-0.4, -0.2) is 17.1 Å². The highest BCUT2D eigenvalue weighted by atomic mass is 16.1. The van der Waals surface area contributed by atoms with Crippen LogP contribution in [0.3, 0.4) is 0 Å². The summed E-state index contributed by atoms with van der Waals surface area (Å²) in [4.78, 5) is 23.7. The molecule has 0 fully saturated rings. The van der Waals surface area contributed by atoms with Crippen molar-refractivity contribution in [3.05, 3.63) is 12.2 Å². The first kappa shape index (κ1) is 22.0. The quantitative estimate of drug-likeness (QED) is 0.462. The molecule has 0 aliphatic carbocycles. The Bertz CT molecular complexity index is 425. The Kier molecular flexibility index (Phi) is 8.40. The van der Waals surface area contributed by atoms with Crippen molar-refractivity contribution in [2.45, 2.75) is 92.5 Å². The van der Waals surface area contributed by atoms with E-state index < -0.39 is 5.54 Å². The van der Waals surface area contributed by atoms with Crippen molar-refractivity contribution in [3.63, 3.8) is 0 Å². The van der Waals surface area contributed by atoms with Crippen LogP contribution in [0.5, 0.6) is 0 Å². The smallest absolute Gasteiger partial charge is 0.157 e. The molecule has 0 aromatic rings. The van der Waals surface area contributed by atoms with E-state index in [1.807, 2.05) is 41.5 Å². The summed E-state index contributed by atoms with van der Waals surface area (Å²) < 4.78 is 0. The molecule has 3 heteroatoms. The Hall–Kier alpha value is -0.960. The van der Waals surface area contributed by atoms with E-state index in [2.05, 4.69) is 12.2 Å². The Labute approximate surface area is 143 Å². The molecule has 0 spiro atoms. The number of rotatable bonds is 10. The van der Waals surface area contributed by atoms with Gasteiger partial charge in [-0.05, 0) is 52.4 Å². The minimum absolute atomic E-state index is 0.125. The molecule has 3 nitrogen and oxygen atoms in total. The average molecular weight is 324 g/mol. The molecule has 0 rings (SSSR count). The summed E-state index contributed by atoms with van der Waals surface area (Å²) in [5, 5.41) is 0. The lowest BCUT2D eigenvalue weighted by Crippen LogP contribution is -2.50. The fraction of sp³-hybridized carbons (Fsp3) is 0.800. The van der Waals surface area contributed by atoms with E-state index in [1.54, 1.807) is 6.92 Å². The van der Waals surface area contributed by atoms with Crippen molar-refractivity contribution in [2.24, 2.45) is 16.6 Å². The molecule has 0 bridgehead atoms. The van der Waals surface area contributed by atoms with E-state index in [4.69, 9.17) is 5.73 Å². The summed E-state index contributed by atoms with van der Waals surface area (Å²) >= 11 is 0. The number of nitrogens with two attached hydrogens (primary N) is 1. The highest BCUT2D eigenvalue weighted by molar-refractivity contribution is 5.92. The minimum atomic E-state index is -0.738. The van der Waals surface area contributed by atoms with Gasteiger partial charge >= 0.3 is 0 Å². The van der Waals surface area contributed by atoms with Crippen LogP contribution in [0.1, 0.15) is 87.0 Å². The maximum absolute atomic E-state index is 12.3. The molecule has 0 saturated heterocycles. The molecular formula is C20H37NO2. The first-order chi connectivity index (χ1) is 10.3. The van der Waals surface area contributed by atoms with Gasteiger partial charge in [0, 0.05) is 10.8 Å². The number of hydrogen-bond donors (Lipinski definition) is 1. The summed E-state index contributed by atoms with van der Waals surface area (Å²) in [7, 11) is 0. The minimum Gasteiger partial charge on any atom is -0.319 e. The van der Waals surface area contributed by atoms with Gasteiger partial charge in [-0.1, -0.05) is 46.8 Å². The molecule has 2 N–H and O–H groups in total. The van der Waals surface area contributed by atoms with E-state index in [-0.39, 0.29) is 22.4 Å². The second kappa shape index (κ2) is 8.77. The van der Waals surface area contributed by atoms with Crippen LogP contribution in [-0.2, 0) is 9.59 Å². The Morgan fingerprint density at radius 1 is 0.870 bits per heavy atom. The molecule has 0 radical (unpaired) electrons. The van der Waals surface area contributed by atoms with Crippen LogP contribution in [0.2, 0.25) is 0 Å². The molecule has 0 aliphatic heterocycles. The second-order valence-electron chi connectivity index (χ2n) is 8.69. The fourth-order valence-electron chi connectivity index (χ4n) is 2.63. The third-order valence-corrected chi connectivity index (χ3v) is 4.56. The van der Waals surface area contributed by atoms with Crippen LogP contribution < -0.4 is 5.73 Å². The first-order valence-corrected chi connectivity index (χ1v) is 8.80. The molecule has 0 heterocycles. The van der Waals surface area contributed by atoms with Gasteiger partial charge in [-0.2, -0.15) is 0 Å². The number of allylic oxidation sites excluding steroid dienone is 2. The van der Waals surface area contributed by atoms with Crippen LogP contribution in [0.4, 0.5) is 0 Å². The number of Topliss-reactive ketones (excluding diaryl/α,β-unsaturated/α-hetero) is 2. The van der Waals surface area contributed by atoms with E-state index in [0.29, 0.717) is 6.42 Å². The SMILES string of the molecule is CC(=O)C(C)(C)CCC/C=C\CCCC(C)(N)C(=O)C(C)(C)C. The van der Waals surface area contributed by atoms with Gasteiger partial charge in [0.15, 0.2) is 5.78 Å². The third kappa shape index (κ3) is 8.45. The zero-order valence-electron chi connectivity index (χ0n) is 16.3. The molecular weight excluding hydrogens is 286 g/mol. The van der Waals surface area contributed by atoms with Crippen LogP contribution in [0.15, 0.2) is 12.2 Å². The number of carbonyl (C=O) groups is 2. The van der Waals surface area contributed by atoms with Crippen LogP contribution in [0.25, 0.3) is 0 Å². The lowest BCUT2D eigenvalue weighted by atomic mass is 9.77. The Morgan fingerprint density at radius 2 is 1.30 bits per heavy atom. The fourth-order valence-corrected chi connectivity index (χ4v) is 2.63. The van der Waals surface area contributed by atoms with Crippen molar-refractivity contribution in [1.29, 1.82) is 0 Å². The molecule has 0 aromatic heterocycles. The Balaban J connectivity index is 4.01. The summed E-state index contributed by atoms with van der Waals surface area (Å²) in [5.41, 5.74) is 4.85. The molecule has 0 aliphatic rings. The summed E-state index contributed by atoms with van der Waals surface area (Å²) in [6.07, 6.45) is 9.87. The van der Waals surface area contributed by atoms with Crippen molar-refractivity contribution in [1.82, 2.24) is 0 Å². The average Bonchev–Trinajstić information content (AvgIpc) is 2.39. The standard InChI is InChI=1S/C20H37NO2/c1-16(22)19(5,6)14-12-10-8-9-11-13-15-20(7,21)17(23)18(2,3)4/h8-9H,10-15,21H2,1-7H3/b9-8-. The van der Waals surface area contributed by atoms with Crippen LogP contribution >= 0.6 is 0 Å². The maximum Gasteiger partial charge on any atom is 0.157 e. The molecule has 1 unspecified atom stereocenters. The normalized spacial score (nSPS) is 15.7.